The third-order valence-electron chi connectivity index (χ3n) is 3.06. The summed E-state index contributed by atoms with van der Waals surface area (Å²) in [4.78, 5) is 11.1. The van der Waals surface area contributed by atoms with E-state index in [4.69, 9.17) is 0 Å². The van der Waals surface area contributed by atoms with E-state index >= 15 is 0 Å². The van der Waals surface area contributed by atoms with Crippen LogP contribution in [-0.2, 0) is 4.79 Å². The summed E-state index contributed by atoms with van der Waals surface area (Å²) in [6.07, 6.45) is 1.49. The number of nitrogens with zero attached hydrogens (tertiary/aromatic N) is 2. The first-order valence-corrected chi connectivity index (χ1v) is 8.09. The molecule has 1 amide bonds. The fourth-order valence-corrected chi connectivity index (χ4v) is 2.56. The van der Waals surface area contributed by atoms with Gasteiger partial charge in [0.15, 0.2) is 5.17 Å². The minimum absolute atomic E-state index is 0.0925. The Balaban J connectivity index is 1.84. The molecule has 3 rings (SSSR count). The van der Waals surface area contributed by atoms with Crippen LogP contribution in [0, 0.1) is 17.7 Å². The minimum atomic E-state index is -0.366. The topological polar surface area (TPSA) is 53.8 Å². The van der Waals surface area contributed by atoms with Gasteiger partial charge in [-0.3, -0.25) is 4.79 Å². The van der Waals surface area contributed by atoms with Crippen LogP contribution in [0.5, 0.6) is 0 Å². The highest BCUT2D eigenvalue weighted by atomic mass is 32.2. The molecule has 1 N–H and O–H groups in total. The molecule has 1 fully saturated rings. The van der Waals surface area contributed by atoms with Crippen LogP contribution in [-0.4, -0.2) is 23.0 Å². The first-order chi connectivity index (χ1) is 11.7. The summed E-state index contributed by atoms with van der Waals surface area (Å²) in [6.45, 7) is 0. The Morgan fingerprint density at radius 3 is 2.75 bits per heavy atom. The van der Waals surface area contributed by atoms with Crippen molar-refractivity contribution in [2.24, 2.45) is 10.2 Å². The van der Waals surface area contributed by atoms with E-state index in [9.17, 15) is 9.18 Å². The van der Waals surface area contributed by atoms with E-state index in [1.165, 1.54) is 30.1 Å². The Kier molecular flexibility index (Phi) is 5.04. The maximum absolute atomic E-state index is 13.5. The lowest BCUT2D eigenvalue weighted by atomic mass is 10.1. The van der Waals surface area contributed by atoms with Crippen LogP contribution in [0.1, 0.15) is 16.7 Å². The van der Waals surface area contributed by atoms with E-state index < -0.39 is 0 Å². The second-order valence-electron chi connectivity index (χ2n) is 4.83. The van der Waals surface area contributed by atoms with Crippen molar-refractivity contribution in [1.29, 1.82) is 0 Å². The average molecular weight is 337 g/mol. The quantitative estimate of drug-likeness (QED) is 0.520. The maximum Gasteiger partial charge on any atom is 0.236 e. The van der Waals surface area contributed by atoms with Gasteiger partial charge in [0.25, 0.3) is 0 Å². The number of amides is 1. The zero-order valence-corrected chi connectivity index (χ0v) is 13.3. The first kappa shape index (κ1) is 16.0. The molecule has 1 aliphatic rings. The Labute approximate surface area is 142 Å². The monoisotopic (exact) mass is 337 g/mol. The molecule has 1 saturated heterocycles. The van der Waals surface area contributed by atoms with Gasteiger partial charge in [-0.1, -0.05) is 41.8 Å². The fourth-order valence-electron chi connectivity index (χ4n) is 1.93. The molecule has 0 bridgehead atoms. The first-order valence-electron chi connectivity index (χ1n) is 7.11. The number of hydrogen-bond donors (Lipinski definition) is 1. The molecule has 0 unspecified atom stereocenters. The number of nitrogens with one attached hydrogen (secondary N) is 1. The van der Waals surface area contributed by atoms with Gasteiger partial charge in [-0.25, -0.2) is 4.39 Å². The largest absolute Gasteiger partial charge is 0.303 e. The van der Waals surface area contributed by atoms with Crippen molar-refractivity contribution in [3.63, 3.8) is 0 Å². The summed E-state index contributed by atoms with van der Waals surface area (Å²) >= 11 is 1.29. The molecule has 0 spiro atoms. The van der Waals surface area contributed by atoms with Crippen LogP contribution in [0.25, 0.3) is 0 Å². The van der Waals surface area contributed by atoms with E-state index in [1.54, 1.807) is 6.07 Å². The lowest BCUT2D eigenvalue weighted by Crippen LogP contribution is -2.19. The molecular weight excluding hydrogens is 325 g/mol. The summed E-state index contributed by atoms with van der Waals surface area (Å²) < 4.78 is 13.5. The van der Waals surface area contributed by atoms with E-state index in [0.717, 1.165) is 5.56 Å². The molecule has 0 radical (unpaired) electrons. The number of hydrogen-bond acceptors (Lipinski definition) is 4. The zero-order chi connectivity index (χ0) is 16.8. The summed E-state index contributed by atoms with van der Waals surface area (Å²) in [5.74, 6) is 5.83. The number of halogens is 1. The highest BCUT2D eigenvalue weighted by molar-refractivity contribution is 8.15. The summed E-state index contributed by atoms with van der Waals surface area (Å²) in [7, 11) is 0. The highest BCUT2D eigenvalue weighted by Gasteiger charge is 2.15. The second-order valence-corrected chi connectivity index (χ2v) is 5.80. The van der Waals surface area contributed by atoms with Gasteiger partial charge < -0.3 is 5.32 Å². The fraction of sp³-hybridized carbons (Fsp3) is 0.0556. The van der Waals surface area contributed by atoms with E-state index in [2.05, 4.69) is 27.4 Å². The molecule has 6 heteroatoms. The van der Waals surface area contributed by atoms with Crippen molar-refractivity contribution in [3.05, 3.63) is 71.0 Å². The number of rotatable bonds is 2. The minimum Gasteiger partial charge on any atom is -0.303 e. The lowest BCUT2D eigenvalue weighted by molar-refractivity contribution is -0.116. The predicted octanol–water partition coefficient (Wildman–Crippen LogP) is 2.78. The van der Waals surface area contributed by atoms with Gasteiger partial charge in [0.05, 0.1) is 12.0 Å². The molecule has 1 heterocycles. The Morgan fingerprint density at radius 1 is 1.17 bits per heavy atom. The number of carbonyl (C=O) groups is 1. The van der Waals surface area contributed by atoms with Crippen molar-refractivity contribution in [2.75, 3.05) is 5.75 Å². The van der Waals surface area contributed by atoms with E-state index in [0.29, 0.717) is 22.0 Å². The van der Waals surface area contributed by atoms with Gasteiger partial charge in [-0.2, -0.15) is 5.10 Å². The molecule has 0 aromatic heterocycles. The molecular formula is C18H12FN3OS. The number of amidine groups is 1. The molecule has 2 aromatic carbocycles. The van der Waals surface area contributed by atoms with Crippen LogP contribution in [0.2, 0.25) is 0 Å². The van der Waals surface area contributed by atoms with Crippen molar-refractivity contribution in [3.8, 4) is 11.8 Å². The lowest BCUT2D eigenvalue weighted by Gasteiger charge is -1.98. The number of carbonyl (C=O) groups excluding carboxylic acids is 1. The van der Waals surface area contributed by atoms with Crippen LogP contribution >= 0.6 is 11.8 Å². The van der Waals surface area contributed by atoms with E-state index in [1.807, 2.05) is 30.3 Å². The average Bonchev–Trinajstić information content (AvgIpc) is 3.01. The van der Waals surface area contributed by atoms with Gasteiger partial charge in [-0.15, -0.1) is 5.10 Å². The molecule has 0 atom stereocenters. The second kappa shape index (κ2) is 7.57. The molecule has 24 heavy (non-hydrogen) atoms. The van der Waals surface area contributed by atoms with Crippen LogP contribution < -0.4 is 5.32 Å². The van der Waals surface area contributed by atoms with Gasteiger partial charge in [0.1, 0.15) is 5.82 Å². The standard InChI is InChI=1S/C18H12FN3OS/c19-16-9-8-15(11-20-22-18-21-17(23)12-24-18)14(10-16)7-6-13-4-2-1-3-5-13/h1-5,8-11H,12H2,(H,21,22,23). The normalized spacial score (nSPS) is 15.4. The van der Waals surface area contributed by atoms with Gasteiger partial charge >= 0.3 is 0 Å². The third kappa shape index (κ3) is 4.31. The Hall–Kier alpha value is -2.91. The zero-order valence-electron chi connectivity index (χ0n) is 12.5. The van der Waals surface area contributed by atoms with Crippen molar-refractivity contribution in [1.82, 2.24) is 5.32 Å². The Bertz CT molecular complexity index is 882. The molecule has 4 nitrogen and oxygen atoms in total. The van der Waals surface area contributed by atoms with E-state index in [-0.39, 0.29) is 11.7 Å². The summed E-state index contributed by atoms with van der Waals surface area (Å²) in [6, 6.07) is 13.7. The van der Waals surface area contributed by atoms with Crippen molar-refractivity contribution in [2.45, 2.75) is 0 Å². The van der Waals surface area contributed by atoms with Crippen LogP contribution in [0.3, 0.4) is 0 Å². The van der Waals surface area contributed by atoms with Crippen molar-refractivity contribution >= 4 is 29.1 Å². The van der Waals surface area contributed by atoms with Gasteiger partial charge in [0, 0.05) is 16.7 Å². The van der Waals surface area contributed by atoms with Crippen LogP contribution in [0.15, 0.2) is 58.7 Å². The molecule has 2 aromatic rings. The smallest absolute Gasteiger partial charge is 0.236 e. The summed E-state index contributed by atoms with van der Waals surface area (Å²) in [5.41, 5.74) is 2.01. The molecule has 0 aliphatic carbocycles. The third-order valence-corrected chi connectivity index (χ3v) is 3.93. The molecule has 1 aliphatic heterocycles. The Morgan fingerprint density at radius 2 is 2.00 bits per heavy atom. The highest BCUT2D eigenvalue weighted by Crippen LogP contribution is 2.11. The van der Waals surface area contributed by atoms with Crippen molar-refractivity contribution < 1.29 is 9.18 Å². The summed E-state index contributed by atoms with van der Waals surface area (Å²) in [5, 5.41) is 10.9. The molecule has 0 saturated carbocycles. The number of benzene rings is 2. The van der Waals surface area contributed by atoms with Gasteiger partial charge in [0.2, 0.25) is 5.91 Å². The van der Waals surface area contributed by atoms with Crippen LogP contribution in [0.4, 0.5) is 4.39 Å². The molecule has 118 valence electrons. The van der Waals surface area contributed by atoms with Gasteiger partial charge in [-0.05, 0) is 30.3 Å². The predicted molar refractivity (Wildman–Crippen MR) is 94.5 cm³/mol. The SMILES string of the molecule is O=C1CSC(=NN=Cc2ccc(F)cc2C#Cc2ccccc2)N1. The number of thioether (sulfide) groups is 1. The maximum atomic E-state index is 13.5.